The van der Waals surface area contributed by atoms with Crippen molar-refractivity contribution in [3.05, 3.63) is 12.7 Å². The summed E-state index contributed by atoms with van der Waals surface area (Å²) in [5, 5.41) is 11.1. The molecule has 6 atom stereocenters. The molecule has 49 heavy (non-hydrogen) atoms. The number of carbonyl (C=O) groups excluding carboxylic acids is 5. The summed E-state index contributed by atoms with van der Waals surface area (Å²) in [6.45, 7) is 18.7. The zero-order valence-corrected chi connectivity index (χ0v) is 31.7. The molecular formula is C36H61N5O7S. The highest BCUT2D eigenvalue weighted by atomic mass is 32.2. The number of unbranched alkanes of at least 4 members (excludes halogenated alkanes) is 1. The number of carbonyl (C=O) groups is 5. The average Bonchev–Trinajstić information content (AvgIpc) is 3.33. The maximum absolute atomic E-state index is 14.5. The number of urea groups is 1. The van der Waals surface area contributed by atoms with Gasteiger partial charge in [0.15, 0.2) is 9.84 Å². The first-order valence-electron chi connectivity index (χ1n) is 18.1. The predicted octanol–water partition coefficient (Wildman–Crippen LogP) is 3.50. The lowest BCUT2D eigenvalue weighted by molar-refractivity contribution is -0.144. The van der Waals surface area contributed by atoms with Crippen molar-refractivity contribution in [1.82, 2.24) is 26.2 Å². The van der Waals surface area contributed by atoms with Crippen LogP contribution in [0, 0.1) is 29.1 Å². The Morgan fingerprint density at radius 2 is 1.63 bits per heavy atom. The monoisotopic (exact) mass is 707 g/mol. The van der Waals surface area contributed by atoms with E-state index in [2.05, 4.69) is 41.7 Å². The molecule has 3 rings (SSSR count). The first-order valence-corrected chi connectivity index (χ1v) is 19.8. The molecule has 5 amide bonds. The molecule has 0 aromatic carbocycles. The van der Waals surface area contributed by atoms with Crippen LogP contribution >= 0.6 is 0 Å². The van der Waals surface area contributed by atoms with E-state index in [0.717, 1.165) is 38.5 Å². The van der Waals surface area contributed by atoms with Crippen LogP contribution in [0.15, 0.2) is 12.7 Å². The molecule has 0 aromatic rings. The van der Waals surface area contributed by atoms with Gasteiger partial charge in [-0.3, -0.25) is 19.2 Å². The fraction of sp³-hybridized carbons (Fsp3) is 0.806. The summed E-state index contributed by atoms with van der Waals surface area (Å²) in [4.78, 5) is 69.5. The van der Waals surface area contributed by atoms with Crippen LogP contribution in [0.25, 0.3) is 0 Å². The Morgan fingerprint density at radius 1 is 1.00 bits per heavy atom. The number of fused-ring (bicyclic) bond motifs is 1. The second-order valence-electron chi connectivity index (χ2n) is 16.2. The van der Waals surface area contributed by atoms with E-state index in [1.807, 2.05) is 20.8 Å². The Kier molecular flexibility index (Phi) is 13.5. The van der Waals surface area contributed by atoms with Crippen LogP contribution in [0.1, 0.15) is 107 Å². The summed E-state index contributed by atoms with van der Waals surface area (Å²) in [5.74, 6) is -3.00. The first kappa shape index (κ1) is 40.5. The molecule has 4 unspecified atom stereocenters. The van der Waals surface area contributed by atoms with E-state index in [4.69, 9.17) is 0 Å². The Balaban J connectivity index is 1.87. The largest absolute Gasteiger partial charge is 0.346 e. The van der Waals surface area contributed by atoms with Gasteiger partial charge in [-0.25, -0.2) is 13.2 Å². The molecule has 0 aromatic heterocycles. The van der Waals surface area contributed by atoms with Crippen molar-refractivity contribution < 1.29 is 32.4 Å². The smallest absolute Gasteiger partial charge is 0.315 e. The van der Waals surface area contributed by atoms with Crippen LogP contribution in [0.5, 0.6) is 0 Å². The fourth-order valence-electron chi connectivity index (χ4n) is 7.42. The topological polar surface area (TPSA) is 171 Å². The minimum absolute atomic E-state index is 0.0710. The molecule has 0 spiro atoms. The highest BCUT2D eigenvalue weighted by Gasteiger charge is 2.69. The van der Waals surface area contributed by atoms with Crippen LogP contribution < -0.4 is 21.3 Å². The molecule has 3 aliphatic rings. The number of nitrogens with one attached hydrogen (secondary N) is 4. The summed E-state index contributed by atoms with van der Waals surface area (Å²) in [7, 11) is -3.54. The summed E-state index contributed by atoms with van der Waals surface area (Å²) in [6, 6.07) is -4.10. The third-order valence-corrected chi connectivity index (χ3v) is 13.7. The molecule has 4 N–H and O–H groups in total. The minimum atomic E-state index is -3.54. The predicted molar refractivity (Wildman–Crippen MR) is 190 cm³/mol. The van der Waals surface area contributed by atoms with Gasteiger partial charge in [0.05, 0.1) is 16.5 Å². The molecule has 13 heteroatoms. The number of amides is 5. The summed E-state index contributed by atoms with van der Waals surface area (Å²) in [6.07, 6.45) is 7.46. The molecule has 12 nitrogen and oxygen atoms in total. The Morgan fingerprint density at radius 3 is 2.18 bits per heavy atom. The van der Waals surface area contributed by atoms with Gasteiger partial charge in [-0.05, 0) is 69.1 Å². The standard InChI is InChI=1S/C36H61N5O7S/c1-10-12-18-25(30(42)32(44)37-19-11-2)38-31(43)29-27-24(36(27,8)9)20-41(29)33(45)28(23-16-14-13-15-17-23)40-34(46)39-26(22(3)4)21-49(47,48)35(5,6)7/h11,22-29H,2,10,12-21H2,1,3-9H3,(H,37,44)(H,38,43)(H2,39,40,46)/t24?,25?,26-,27?,28+,29?/m1/s1. The summed E-state index contributed by atoms with van der Waals surface area (Å²) < 4.78 is 25.1. The number of rotatable bonds is 16. The third kappa shape index (κ3) is 9.64. The normalized spacial score (nSPS) is 23.9. The van der Waals surface area contributed by atoms with E-state index in [9.17, 15) is 32.4 Å². The number of hydrogen-bond donors (Lipinski definition) is 4. The van der Waals surface area contributed by atoms with Gasteiger partial charge in [-0.2, -0.15) is 0 Å². The summed E-state index contributed by atoms with van der Waals surface area (Å²) >= 11 is 0. The number of nitrogens with zero attached hydrogens (tertiary/aromatic N) is 1. The van der Waals surface area contributed by atoms with Gasteiger partial charge in [0.2, 0.25) is 17.6 Å². The molecular weight excluding hydrogens is 646 g/mol. The van der Waals surface area contributed by atoms with Crippen molar-refractivity contribution in [2.75, 3.05) is 18.8 Å². The van der Waals surface area contributed by atoms with Crippen molar-refractivity contribution in [3.8, 4) is 0 Å². The van der Waals surface area contributed by atoms with Crippen molar-refractivity contribution in [3.63, 3.8) is 0 Å². The number of sulfone groups is 1. The van der Waals surface area contributed by atoms with E-state index < -0.39 is 62.4 Å². The molecule has 278 valence electrons. The summed E-state index contributed by atoms with van der Waals surface area (Å²) in [5.41, 5.74) is -0.197. The molecule has 1 aliphatic heterocycles. The molecule has 1 heterocycles. The molecule has 1 saturated heterocycles. The number of ketones is 1. The van der Waals surface area contributed by atoms with Crippen LogP contribution in [-0.4, -0.2) is 90.6 Å². The fourth-order valence-corrected chi connectivity index (χ4v) is 8.86. The van der Waals surface area contributed by atoms with E-state index in [1.54, 1.807) is 25.7 Å². The lowest BCUT2D eigenvalue weighted by Gasteiger charge is -2.37. The second-order valence-corrected chi connectivity index (χ2v) is 19.0. The van der Waals surface area contributed by atoms with Crippen LogP contribution in [-0.2, 0) is 29.0 Å². The molecule has 2 aliphatic carbocycles. The van der Waals surface area contributed by atoms with Crippen molar-refractivity contribution >= 4 is 39.4 Å². The Bertz CT molecular complexity index is 1350. The van der Waals surface area contributed by atoms with Gasteiger partial charge in [-0.15, -0.1) is 6.58 Å². The number of likely N-dealkylation sites (tertiary alicyclic amines) is 1. The van der Waals surface area contributed by atoms with Crippen molar-refractivity contribution in [2.24, 2.45) is 29.1 Å². The lowest BCUT2D eigenvalue weighted by Crippen LogP contribution is -2.61. The second kappa shape index (κ2) is 16.4. The van der Waals surface area contributed by atoms with E-state index >= 15 is 0 Å². The zero-order chi connectivity index (χ0) is 36.9. The molecule has 2 saturated carbocycles. The van der Waals surface area contributed by atoms with Gasteiger partial charge >= 0.3 is 6.03 Å². The molecule has 0 bridgehead atoms. The maximum Gasteiger partial charge on any atom is 0.315 e. The molecule has 0 radical (unpaired) electrons. The van der Waals surface area contributed by atoms with Gasteiger partial charge in [0, 0.05) is 19.1 Å². The molecule has 3 fully saturated rings. The highest BCUT2D eigenvalue weighted by molar-refractivity contribution is 7.92. The van der Waals surface area contributed by atoms with E-state index in [-0.39, 0.29) is 53.7 Å². The van der Waals surface area contributed by atoms with Crippen LogP contribution in [0.4, 0.5) is 4.79 Å². The van der Waals surface area contributed by atoms with E-state index in [0.29, 0.717) is 13.0 Å². The Hall–Kier alpha value is -2.96. The first-order chi connectivity index (χ1) is 22.8. The van der Waals surface area contributed by atoms with Gasteiger partial charge in [0.1, 0.15) is 12.1 Å². The number of Topliss-reactive ketones (excluding diaryl/α,β-unsaturated/α-hetero) is 1. The van der Waals surface area contributed by atoms with Gasteiger partial charge in [-0.1, -0.05) is 72.8 Å². The number of piperidine rings is 1. The van der Waals surface area contributed by atoms with Crippen LogP contribution in [0.3, 0.4) is 0 Å². The number of hydrogen-bond acceptors (Lipinski definition) is 7. The van der Waals surface area contributed by atoms with Gasteiger partial charge in [0.25, 0.3) is 5.91 Å². The van der Waals surface area contributed by atoms with Gasteiger partial charge < -0.3 is 26.2 Å². The average molecular weight is 708 g/mol. The maximum atomic E-state index is 14.5. The SMILES string of the molecule is C=CCNC(=O)C(=O)C(CCCC)NC(=O)C1C2C(CN1C(=O)[C@@H](NC(=O)N[C@H](CS(=O)(=O)C(C)(C)C)C(C)C)C1CCCCC1)C2(C)C. The van der Waals surface area contributed by atoms with E-state index in [1.165, 1.54) is 6.08 Å². The quantitative estimate of drug-likeness (QED) is 0.141. The Labute approximate surface area is 293 Å². The van der Waals surface area contributed by atoms with Crippen molar-refractivity contribution in [2.45, 2.75) is 136 Å². The van der Waals surface area contributed by atoms with Crippen LogP contribution in [0.2, 0.25) is 0 Å². The van der Waals surface area contributed by atoms with Crippen molar-refractivity contribution in [1.29, 1.82) is 0 Å². The highest BCUT2D eigenvalue weighted by Crippen LogP contribution is 2.65. The lowest BCUT2D eigenvalue weighted by atomic mass is 9.83. The third-order valence-electron chi connectivity index (χ3n) is 11.0. The minimum Gasteiger partial charge on any atom is -0.346 e. The zero-order valence-electron chi connectivity index (χ0n) is 30.9.